The third kappa shape index (κ3) is 3.89. The van der Waals surface area contributed by atoms with Crippen LogP contribution >= 0.6 is 15.9 Å². The number of halogens is 1. The van der Waals surface area contributed by atoms with Crippen LogP contribution in [0.2, 0.25) is 0 Å². The van der Waals surface area contributed by atoms with Gasteiger partial charge in [-0.3, -0.25) is 4.79 Å². The van der Waals surface area contributed by atoms with Gasteiger partial charge < -0.3 is 4.74 Å². The van der Waals surface area contributed by atoms with Crippen LogP contribution in [0.5, 0.6) is 0 Å². The summed E-state index contributed by atoms with van der Waals surface area (Å²) < 4.78 is 6.56. The molecule has 0 N–H and O–H groups in total. The van der Waals surface area contributed by atoms with Gasteiger partial charge in [0.25, 0.3) is 0 Å². The van der Waals surface area contributed by atoms with Gasteiger partial charge in [-0.15, -0.1) is 0 Å². The molecule has 1 saturated carbocycles. The van der Waals surface area contributed by atoms with E-state index in [4.69, 9.17) is 4.74 Å². The normalized spacial score (nSPS) is 19.8. The lowest BCUT2D eigenvalue weighted by molar-refractivity contribution is -0.146. The van der Waals surface area contributed by atoms with E-state index in [1.807, 2.05) is 30.3 Å². The molecule has 2 unspecified atom stereocenters. The van der Waals surface area contributed by atoms with Gasteiger partial charge in [-0.1, -0.05) is 79.2 Å². The molecule has 2 nitrogen and oxygen atoms in total. The Labute approximate surface area is 152 Å². The molecule has 0 spiro atoms. The molecule has 1 fully saturated rings. The molecule has 0 saturated heterocycles. The average Bonchev–Trinajstić information content (AvgIpc) is 3.33. The highest BCUT2D eigenvalue weighted by atomic mass is 79.9. The van der Waals surface area contributed by atoms with Crippen molar-refractivity contribution in [3.05, 3.63) is 69.7 Å². The van der Waals surface area contributed by atoms with Crippen LogP contribution in [-0.2, 0) is 21.6 Å². The van der Waals surface area contributed by atoms with E-state index in [9.17, 15) is 4.79 Å². The second-order valence-electron chi connectivity index (χ2n) is 7.53. The van der Waals surface area contributed by atoms with Gasteiger partial charge in [-0.25, -0.2) is 0 Å². The monoisotopic (exact) mass is 386 g/mol. The summed E-state index contributed by atoms with van der Waals surface area (Å²) in [6.45, 7) is 6.97. The van der Waals surface area contributed by atoms with Gasteiger partial charge in [0.15, 0.2) is 0 Å². The van der Waals surface area contributed by atoms with Crippen LogP contribution in [-0.4, -0.2) is 5.97 Å². The zero-order valence-electron chi connectivity index (χ0n) is 14.4. The number of ether oxygens (including phenoxy) is 1. The van der Waals surface area contributed by atoms with Crippen molar-refractivity contribution in [3.8, 4) is 0 Å². The van der Waals surface area contributed by atoms with E-state index in [1.54, 1.807) is 0 Å². The summed E-state index contributed by atoms with van der Waals surface area (Å²) in [5.74, 6) is 0.179. The van der Waals surface area contributed by atoms with Crippen molar-refractivity contribution in [3.63, 3.8) is 0 Å². The van der Waals surface area contributed by atoms with Crippen LogP contribution < -0.4 is 0 Å². The van der Waals surface area contributed by atoms with E-state index in [1.165, 1.54) is 11.1 Å². The highest BCUT2D eigenvalue weighted by molar-refractivity contribution is 9.10. The smallest absolute Gasteiger partial charge is 0.309 e. The van der Waals surface area contributed by atoms with Crippen molar-refractivity contribution in [2.75, 3.05) is 0 Å². The predicted molar refractivity (Wildman–Crippen MR) is 99.9 cm³/mol. The number of benzene rings is 2. The quantitative estimate of drug-likeness (QED) is 0.639. The molecule has 3 heteroatoms. The molecule has 0 radical (unpaired) electrons. The number of hydrogen-bond acceptors (Lipinski definition) is 2. The number of hydrogen-bond donors (Lipinski definition) is 0. The molecular weight excluding hydrogens is 364 g/mol. The van der Waals surface area contributed by atoms with Crippen LogP contribution in [0.3, 0.4) is 0 Å². The van der Waals surface area contributed by atoms with E-state index in [0.717, 1.165) is 16.5 Å². The maximum atomic E-state index is 12.3. The molecule has 3 rings (SSSR count). The van der Waals surface area contributed by atoms with Crippen molar-refractivity contribution in [1.82, 2.24) is 0 Å². The Morgan fingerprint density at radius 3 is 2.50 bits per heavy atom. The second kappa shape index (κ2) is 6.72. The fraction of sp³-hybridized carbons (Fsp3) is 0.381. The lowest BCUT2D eigenvalue weighted by Crippen LogP contribution is -2.11. The van der Waals surface area contributed by atoms with Crippen LogP contribution in [0, 0.1) is 5.92 Å². The van der Waals surface area contributed by atoms with Gasteiger partial charge in [-0.2, -0.15) is 0 Å². The fourth-order valence-corrected chi connectivity index (χ4v) is 3.60. The molecule has 2 aromatic carbocycles. The first-order chi connectivity index (χ1) is 11.4. The summed E-state index contributed by atoms with van der Waals surface area (Å²) in [6, 6.07) is 16.3. The largest absolute Gasteiger partial charge is 0.461 e. The molecule has 0 aromatic heterocycles. The molecule has 24 heavy (non-hydrogen) atoms. The van der Waals surface area contributed by atoms with E-state index < -0.39 is 0 Å². The van der Waals surface area contributed by atoms with Crippen molar-refractivity contribution in [2.24, 2.45) is 5.92 Å². The minimum absolute atomic E-state index is 0.00880. The van der Waals surface area contributed by atoms with Crippen molar-refractivity contribution in [1.29, 1.82) is 0 Å². The summed E-state index contributed by atoms with van der Waals surface area (Å²) in [4.78, 5) is 12.3. The number of carbonyl (C=O) groups excluding carboxylic acids is 1. The first-order valence-corrected chi connectivity index (χ1v) is 9.16. The molecule has 0 amide bonds. The molecule has 2 aromatic rings. The summed E-state index contributed by atoms with van der Waals surface area (Å²) in [7, 11) is 0. The lowest BCUT2D eigenvalue weighted by atomic mass is 9.86. The second-order valence-corrected chi connectivity index (χ2v) is 8.38. The SMILES string of the molecule is CC(C)(C)c1ccc(C2CC2C(=O)OCc2ccccc2)c(Br)c1. The van der Waals surface area contributed by atoms with Gasteiger partial charge >= 0.3 is 5.97 Å². The van der Waals surface area contributed by atoms with Crippen molar-refractivity contribution in [2.45, 2.75) is 45.1 Å². The summed E-state index contributed by atoms with van der Waals surface area (Å²) in [5, 5.41) is 0. The average molecular weight is 387 g/mol. The standard InChI is InChI=1S/C21H23BrO2/c1-21(2,3)15-9-10-16(19(22)11-15)17-12-18(17)20(23)24-13-14-7-5-4-6-8-14/h4-11,17-18H,12-13H2,1-3H3. The Balaban J connectivity index is 1.61. The third-order valence-electron chi connectivity index (χ3n) is 4.58. The number of carbonyl (C=O) groups is 1. The highest BCUT2D eigenvalue weighted by Crippen LogP contribution is 2.50. The minimum Gasteiger partial charge on any atom is -0.461 e. The van der Waals surface area contributed by atoms with Gasteiger partial charge in [0, 0.05) is 4.47 Å². The zero-order chi connectivity index (χ0) is 17.3. The Bertz CT molecular complexity index is 731. The van der Waals surface area contributed by atoms with Crippen molar-refractivity contribution < 1.29 is 9.53 Å². The first-order valence-electron chi connectivity index (χ1n) is 8.37. The molecule has 0 heterocycles. The Morgan fingerprint density at radius 1 is 1.17 bits per heavy atom. The maximum Gasteiger partial charge on any atom is 0.309 e. The van der Waals surface area contributed by atoms with E-state index in [2.05, 4.69) is 54.9 Å². The Kier molecular flexibility index (Phi) is 4.82. The predicted octanol–water partition coefficient (Wildman–Crippen LogP) is 5.59. The summed E-state index contributed by atoms with van der Waals surface area (Å²) in [6.07, 6.45) is 0.876. The van der Waals surface area contributed by atoms with Gasteiger partial charge in [-0.05, 0) is 40.5 Å². The molecule has 2 atom stereocenters. The fourth-order valence-electron chi connectivity index (χ4n) is 2.93. The van der Waals surface area contributed by atoms with Gasteiger partial charge in [0.1, 0.15) is 6.61 Å². The van der Waals surface area contributed by atoms with E-state index >= 15 is 0 Å². The van der Waals surface area contributed by atoms with E-state index in [0.29, 0.717) is 6.61 Å². The van der Waals surface area contributed by atoms with Crippen molar-refractivity contribution >= 4 is 21.9 Å². The molecular formula is C21H23BrO2. The lowest BCUT2D eigenvalue weighted by Gasteiger charge is -2.20. The molecule has 0 bridgehead atoms. The zero-order valence-corrected chi connectivity index (χ0v) is 16.0. The first kappa shape index (κ1) is 17.2. The van der Waals surface area contributed by atoms with Crippen LogP contribution in [0.1, 0.15) is 49.8 Å². The van der Waals surface area contributed by atoms with E-state index in [-0.39, 0.29) is 23.2 Å². The maximum absolute atomic E-state index is 12.3. The van der Waals surface area contributed by atoms with Crippen LogP contribution in [0.25, 0.3) is 0 Å². The highest BCUT2D eigenvalue weighted by Gasteiger charge is 2.46. The van der Waals surface area contributed by atoms with Gasteiger partial charge in [0.2, 0.25) is 0 Å². The topological polar surface area (TPSA) is 26.3 Å². The third-order valence-corrected chi connectivity index (χ3v) is 5.27. The Morgan fingerprint density at radius 2 is 1.88 bits per heavy atom. The molecule has 1 aliphatic carbocycles. The summed E-state index contributed by atoms with van der Waals surface area (Å²) in [5.41, 5.74) is 3.66. The molecule has 1 aliphatic rings. The molecule has 126 valence electrons. The number of rotatable bonds is 4. The number of esters is 1. The van der Waals surface area contributed by atoms with Crippen LogP contribution in [0.15, 0.2) is 53.0 Å². The minimum atomic E-state index is -0.0874. The molecule has 0 aliphatic heterocycles. The van der Waals surface area contributed by atoms with Crippen LogP contribution in [0.4, 0.5) is 0 Å². The Hall–Kier alpha value is -1.61. The summed E-state index contributed by atoms with van der Waals surface area (Å²) >= 11 is 3.68. The van der Waals surface area contributed by atoms with Gasteiger partial charge in [0.05, 0.1) is 5.92 Å².